The van der Waals surface area contributed by atoms with E-state index in [9.17, 15) is 9.59 Å². The third-order valence-corrected chi connectivity index (χ3v) is 4.55. The van der Waals surface area contributed by atoms with Crippen LogP contribution in [0.25, 0.3) is 0 Å². The van der Waals surface area contributed by atoms with Gasteiger partial charge in [0.25, 0.3) is 0 Å². The summed E-state index contributed by atoms with van der Waals surface area (Å²) in [4.78, 5) is 25.4. The maximum Gasteiger partial charge on any atom is 0.339 e. The van der Waals surface area contributed by atoms with Crippen LogP contribution in [0.5, 0.6) is 0 Å². The molecule has 0 bridgehead atoms. The van der Waals surface area contributed by atoms with E-state index in [4.69, 9.17) is 18.9 Å². The van der Waals surface area contributed by atoms with Crippen molar-refractivity contribution in [2.75, 3.05) is 11.9 Å². The van der Waals surface area contributed by atoms with E-state index in [1.165, 1.54) is 0 Å². The molecular formula is C18H27BrO6. The maximum absolute atomic E-state index is 12.9. The van der Waals surface area contributed by atoms with Gasteiger partial charge >= 0.3 is 11.9 Å². The minimum Gasteiger partial charge on any atom is -0.461 e. The molecule has 0 unspecified atom stereocenters. The van der Waals surface area contributed by atoms with Crippen LogP contribution in [0, 0.1) is 11.8 Å². The number of hydrogen-bond donors (Lipinski definition) is 0. The first kappa shape index (κ1) is 20.4. The molecule has 7 heteroatoms. The molecule has 142 valence electrons. The van der Waals surface area contributed by atoms with Gasteiger partial charge in [-0.1, -0.05) is 28.1 Å². The second-order valence-electron chi connectivity index (χ2n) is 7.71. The fourth-order valence-electron chi connectivity index (χ4n) is 2.99. The molecule has 0 aromatic heterocycles. The van der Waals surface area contributed by atoms with Crippen LogP contribution in [0.15, 0.2) is 12.2 Å². The lowest BCUT2D eigenvalue weighted by atomic mass is 9.74. The van der Waals surface area contributed by atoms with Gasteiger partial charge in [0, 0.05) is 12.3 Å². The van der Waals surface area contributed by atoms with Crippen molar-refractivity contribution in [3.8, 4) is 0 Å². The number of alkyl halides is 1. The summed E-state index contributed by atoms with van der Waals surface area (Å²) in [7, 11) is 0. The summed E-state index contributed by atoms with van der Waals surface area (Å²) >= 11 is 3.32. The van der Waals surface area contributed by atoms with Gasteiger partial charge in [0.1, 0.15) is 5.60 Å². The van der Waals surface area contributed by atoms with Crippen LogP contribution in [0.4, 0.5) is 0 Å². The standard InChI is InChI=1S/C18H27BrO6/c1-11(2)23-16(21)18-8-12(15(20)25-17(3,4)5)6-7-13(18)10-22-14(9-19)24-18/h6-7,11-14H,8-10H2,1-5H3/t12-,13-,14+,18-/m0/s1. The summed E-state index contributed by atoms with van der Waals surface area (Å²) < 4.78 is 22.5. The molecule has 0 aromatic carbocycles. The number of fused-ring (bicyclic) bond motifs is 1. The second kappa shape index (κ2) is 7.76. The van der Waals surface area contributed by atoms with Crippen molar-refractivity contribution in [1.82, 2.24) is 0 Å². The van der Waals surface area contributed by atoms with Crippen molar-refractivity contribution in [2.45, 2.75) is 64.6 Å². The third kappa shape index (κ3) is 4.83. The highest BCUT2D eigenvalue weighted by Crippen LogP contribution is 2.42. The highest BCUT2D eigenvalue weighted by Gasteiger charge is 2.56. The van der Waals surface area contributed by atoms with Gasteiger partial charge in [0.05, 0.1) is 24.0 Å². The van der Waals surface area contributed by atoms with Crippen molar-refractivity contribution in [3.63, 3.8) is 0 Å². The van der Waals surface area contributed by atoms with Gasteiger partial charge in [-0.05, 0) is 34.6 Å². The molecule has 1 aliphatic carbocycles. The Morgan fingerprint density at radius 3 is 2.56 bits per heavy atom. The van der Waals surface area contributed by atoms with E-state index in [0.29, 0.717) is 11.9 Å². The molecule has 0 saturated carbocycles. The lowest BCUT2D eigenvalue weighted by Crippen LogP contribution is -2.59. The van der Waals surface area contributed by atoms with E-state index < -0.39 is 29.4 Å². The second-order valence-corrected chi connectivity index (χ2v) is 8.36. The Morgan fingerprint density at radius 1 is 1.32 bits per heavy atom. The lowest BCUT2D eigenvalue weighted by molar-refractivity contribution is -0.273. The topological polar surface area (TPSA) is 71.1 Å². The molecule has 1 saturated heterocycles. The average molecular weight is 419 g/mol. The molecule has 4 atom stereocenters. The van der Waals surface area contributed by atoms with Crippen LogP contribution in [-0.4, -0.2) is 47.5 Å². The lowest BCUT2D eigenvalue weighted by Gasteiger charge is -2.46. The number of carbonyl (C=O) groups excluding carboxylic acids is 2. The summed E-state index contributed by atoms with van der Waals surface area (Å²) in [6.45, 7) is 9.35. The monoisotopic (exact) mass is 418 g/mol. The molecule has 1 heterocycles. The normalized spacial score (nSPS) is 32.2. The molecule has 0 spiro atoms. The van der Waals surface area contributed by atoms with Crippen molar-refractivity contribution in [3.05, 3.63) is 12.2 Å². The molecule has 0 N–H and O–H groups in total. The first-order valence-corrected chi connectivity index (χ1v) is 9.67. The zero-order valence-corrected chi connectivity index (χ0v) is 17.0. The van der Waals surface area contributed by atoms with Gasteiger partial charge in [-0.3, -0.25) is 4.79 Å². The van der Waals surface area contributed by atoms with Crippen LogP contribution in [0.2, 0.25) is 0 Å². The number of rotatable bonds is 4. The van der Waals surface area contributed by atoms with Gasteiger partial charge < -0.3 is 18.9 Å². The van der Waals surface area contributed by atoms with E-state index in [0.717, 1.165) is 0 Å². The minimum absolute atomic E-state index is 0.182. The fourth-order valence-corrected chi connectivity index (χ4v) is 3.31. The number of ether oxygens (including phenoxy) is 4. The van der Waals surface area contributed by atoms with Crippen molar-refractivity contribution >= 4 is 27.9 Å². The van der Waals surface area contributed by atoms with Crippen molar-refractivity contribution in [2.24, 2.45) is 11.8 Å². The number of carbonyl (C=O) groups is 2. The Kier molecular flexibility index (Phi) is 6.33. The van der Waals surface area contributed by atoms with E-state index in [1.807, 2.05) is 26.8 Å². The summed E-state index contributed by atoms with van der Waals surface area (Å²) in [5, 5.41) is 0.428. The Morgan fingerprint density at radius 2 is 2.00 bits per heavy atom. The van der Waals surface area contributed by atoms with Crippen LogP contribution in [-0.2, 0) is 28.5 Å². The minimum atomic E-state index is -1.24. The van der Waals surface area contributed by atoms with Gasteiger partial charge in [0.15, 0.2) is 11.9 Å². The predicted octanol–water partition coefficient (Wildman–Crippen LogP) is 2.98. The number of hydrogen-bond acceptors (Lipinski definition) is 6. The first-order chi connectivity index (χ1) is 11.6. The maximum atomic E-state index is 12.9. The predicted molar refractivity (Wildman–Crippen MR) is 95.2 cm³/mol. The molecule has 2 aliphatic rings. The van der Waals surface area contributed by atoms with Crippen molar-refractivity contribution in [1.29, 1.82) is 0 Å². The molecule has 0 amide bonds. The zero-order valence-electron chi connectivity index (χ0n) is 15.4. The fraction of sp³-hybridized carbons (Fsp3) is 0.778. The highest BCUT2D eigenvalue weighted by molar-refractivity contribution is 9.09. The van der Waals surface area contributed by atoms with Crippen LogP contribution in [0.3, 0.4) is 0 Å². The number of esters is 2. The van der Waals surface area contributed by atoms with E-state index >= 15 is 0 Å². The Hall–Kier alpha value is -0.920. The Bertz CT molecular complexity index is 538. The highest BCUT2D eigenvalue weighted by atomic mass is 79.9. The largest absolute Gasteiger partial charge is 0.461 e. The molecule has 0 aromatic rings. The zero-order chi connectivity index (χ0) is 18.8. The third-order valence-electron chi connectivity index (χ3n) is 4.03. The Balaban J connectivity index is 2.29. The average Bonchev–Trinajstić information content (AvgIpc) is 2.51. The van der Waals surface area contributed by atoms with Crippen LogP contribution in [0.1, 0.15) is 41.0 Å². The summed E-state index contributed by atoms with van der Waals surface area (Å²) in [6.07, 6.45) is 2.93. The molecule has 1 fully saturated rings. The Labute approximate surface area is 157 Å². The molecule has 6 nitrogen and oxygen atoms in total. The quantitative estimate of drug-likeness (QED) is 0.397. The molecule has 2 rings (SSSR count). The van der Waals surface area contributed by atoms with Crippen LogP contribution >= 0.6 is 15.9 Å². The molecular weight excluding hydrogens is 392 g/mol. The smallest absolute Gasteiger partial charge is 0.339 e. The summed E-state index contributed by atoms with van der Waals surface area (Å²) in [6, 6.07) is 0. The molecule has 0 radical (unpaired) electrons. The molecule has 25 heavy (non-hydrogen) atoms. The van der Waals surface area contributed by atoms with E-state index in [-0.39, 0.29) is 24.4 Å². The summed E-state index contributed by atoms with van der Waals surface area (Å²) in [5.74, 6) is -1.69. The van der Waals surface area contributed by atoms with Crippen LogP contribution < -0.4 is 0 Å². The number of halogens is 1. The summed E-state index contributed by atoms with van der Waals surface area (Å²) in [5.41, 5.74) is -1.83. The van der Waals surface area contributed by atoms with Gasteiger partial charge in [-0.15, -0.1) is 0 Å². The van der Waals surface area contributed by atoms with Crippen molar-refractivity contribution < 1.29 is 28.5 Å². The van der Waals surface area contributed by atoms with E-state index in [1.54, 1.807) is 19.9 Å². The van der Waals surface area contributed by atoms with Gasteiger partial charge in [-0.25, -0.2) is 4.79 Å². The van der Waals surface area contributed by atoms with Gasteiger partial charge in [-0.2, -0.15) is 0 Å². The molecule has 1 aliphatic heterocycles. The first-order valence-electron chi connectivity index (χ1n) is 8.55. The SMILES string of the molecule is CC(C)OC(=O)[C@]12C[C@@H](C(=O)OC(C)(C)C)C=C[C@H]1CO[C@@H](CBr)O2. The van der Waals surface area contributed by atoms with E-state index in [2.05, 4.69) is 15.9 Å². The van der Waals surface area contributed by atoms with Gasteiger partial charge in [0.2, 0.25) is 0 Å².